The van der Waals surface area contributed by atoms with Crippen molar-refractivity contribution in [2.75, 3.05) is 18.8 Å². The van der Waals surface area contributed by atoms with Crippen molar-refractivity contribution in [3.8, 4) is 0 Å². The van der Waals surface area contributed by atoms with Gasteiger partial charge in [0, 0.05) is 29.3 Å². The summed E-state index contributed by atoms with van der Waals surface area (Å²) in [5, 5.41) is 0. The van der Waals surface area contributed by atoms with Crippen molar-refractivity contribution in [2.24, 2.45) is 0 Å². The highest BCUT2D eigenvalue weighted by molar-refractivity contribution is 8.01. The normalized spacial score (nSPS) is 24.2. The molecule has 2 aliphatic rings. The molecule has 2 saturated heterocycles. The molecule has 0 aliphatic carbocycles. The van der Waals surface area contributed by atoms with Gasteiger partial charge < -0.3 is 4.74 Å². The van der Waals surface area contributed by atoms with Gasteiger partial charge in [-0.05, 0) is 25.5 Å². The van der Waals surface area contributed by atoms with Crippen molar-refractivity contribution in [3.63, 3.8) is 0 Å². The van der Waals surface area contributed by atoms with Crippen LogP contribution in [0.4, 0.5) is 13.2 Å². The van der Waals surface area contributed by atoms with Crippen LogP contribution in [0.15, 0.2) is 18.2 Å². The Balaban J connectivity index is 1.52. The number of halogens is 3. The van der Waals surface area contributed by atoms with Crippen LogP contribution in [-0.4, -0.2) is 52.9 Å². The molecule has 10 heteroatoms. The van der Waals surface area contributed by atoms with Gasteiger partial charge in [-0.15, -0.1) is 11.8 Å². The van der Waals surface area contributed by atoms with Crippen molar-refractivity contribution in [2.45, 2.75) is 36.3 Å². The molecule has 1 spiro atoms. The van der Waals surface area contributed by atoms with Crippen LogP contribution in [0.2, 0.25) is 0 Å². The maximum absolute atomic E-state index is 12.5. The molecule has 0 N–H and O–H groups in total. The standard InChI is InChI=1S/C14H17F3N2O3S2/c1-10-3-2-4-11(18-10)6-22-12-5-13(23-7-12)8-19(9-13)24(20,21)14(15,16)17/h2-4,12H,5-9H2,1H3/t12-/m1/s1. The zero-order chi connectivity index (χ0) is 17.6. The third-order valence-corrected chi connectivity index (χ3v) is 7.25. The van der Waals surface area contributed by atoms with E-state index in [1.165, 1.54) is 11.8 Å². The Kier molecular flexibility index (Phi) is 4.61. The van der Waals surface area contributed by atoms with Gasteiger partial charge in [0.25, 0.3) is 0 Å². The fourth-order valence-electron chi connectivity index (χ4n) is 2.93. The molecule has 1 atom stereocenters. The van der Waals surface area contributed by atoms with Crippen LogP contribution >= 0.6 is 11.8 Å². The van der Waals surface area contributed by atoms with Crippen LogP contribution in [0.5, 0.6) is 0 Å². The van der Waals surface area contributed by atoms with Gasteiger partial charge in [0.05, 0.1) is 18.4 Å². The number of ether oxygens (including phenoxy) is 1. The number of alkyl halides is 3. The highest BCUT2D eigenvalue weighted by atomic mass is 32.2. The SMILES string of the molecule is Cc1cccc(CO[C@H]2CSC3(C2)CN(S(=O)(=O)C(F)(F)F)C3)n1. The maximum atomic E-state index is 12.5. The second-order valence-corrected chi connectivity index (χ2v) is 9.54. The Morgan fingerprint density at radius 2 is 2.12 bits per heavy atom. The summed E-state index contributed by atoms with van der Waals surface area (Å²) in [7, 11) is -5.21. The Bertz CT molecular complexity index is 718. The smallest absolute Gasteiger partial charge is 0.371 e. The monoisotopic (exact) mass is 382 g/mol. The lowest BCUT2D eigenvalue weighted by atomic mass is 9.95. The maximum Gasteiger partial charge on any atom is 0.511 e. The van der Waals surface area contributed by atoms with E-state index in [9.17, 15) is 21.6 Å². The largest absolute Gasteiger partial charge is 0.511 e. The summed E-state index contributed by atoms with van der Waals surface area (Å²) in [6, 6.07) is 5.62. The highest BCUT2D eigenvalue weighted by Crippen LogP contribution is 2.48. The first-order valence-electron chi connectivity index (χ1n) is 7.36. The fourth-order valence-corrected chi connectivity index (χ4v) is 5.77. The van der Waals surface area contributed by atoms with Crippen LogP contribution in [0.25, 0.3) is 0 Å². The average Bonchev–Trinajstić information content (AvgIpc) is 2.87. The topological polar surface area (TPSA) is 59.5 Å². The minimum absolute atomic E-state index is 0.104. The quantitative estimate of drug-likeness (QED) is 0.800. The van der Waals surface area contributed by atoms with Crippen LogP contribution in [0.1, 0.15) is 17.8 Å². The molecular weight excluding hydrogens is 365 g/mol. The predicted molar refractivity (Wildman–Crippen MR) is 83.9 cm³/mol. The van der Waals surface area contributed by atoms with Gasteiger partial charge in [-0.3, -0.25) is 4.98 Å². The second kappa shape index (κ2) is 6.15. The van der Waals surface area contributed by atoms with E-state index in [1.54, 1.807) is 0 Å². The summed E-state index contributed by atoms with van der Waals surface area (Å²) in [6.45, 7) is 2.01. The summed E-state index contributed by atoms with van der Waals surface area (Å²) in [6.07, 6.45) is 0.445. The Morgan fingerprint density at radius 3 is 2.75 bits per heavy atom. The van der Waals surface area contributed by atoms with E-state index >= 15 is 0 Å². The molecule has 0 bridgehead atoms. The number of pyridine rings is 1. The zero-order valence-corrected chi connectivity index (χ0v) is 14.5. The van der Waals surface area contributed by atoms with Crippen molar-refractivity contribution < 1.29 is 26.3 Å². The molecule has 0 unspecified atom stereocenters. The number of aryl methyl sites for hydroxylation is 1. The number of hydrogen-bond acceptors (Lipinski definition) is 5. The zero-order valence-electron chi connectivity index (χ0n) is 12.9. The van der Waals surface area contributed by atoms with E-state index in [-0.39, 0.29) is 19.2 Å². The summed E-state index contributed by atoms with van der Waals surface area (Å²) in [4.78, 5) is 4.33. The molecular formula is C14H17F3N2O3S2. The summed E-state index contributed by atoms with van der Waals surface area (Å²) >= 11 is 1.49. The number of aromatic nitrogens is 1. The van der Waals surface area contributed by atoms with Crippen molar-refractivity contribution in [1.29, 1.82) is 0 Å². The van der Waals surface area contributed by atoms with Crippen LogP contribution in [0.3, 0.4) is 0 Å². The third kappa shape index (κ3) is 3.42. The Morgan fingerprint density at radius 1 is 1.42 bits per heavy atom. The van der Waals surface area contributed by atoms with Crippen molar-refractivity contribution >= 4 is 21.8 Å². The molecule has 0 radical (unpaired) electrons. The fraction of sp³-hybridized carbons (Fsp3) is 0.643. The van der Waals surface area contributed by atoms with Crippen LogP contribution < -0.4 is 0 Å². The molecule has 1 aromatic rings. The lowest BCUT2D eigenvalue weighted by molar-refractivity contribution is -0.0521. The Labute approximate surface area is 142 Å². The van der Waals surface area contributed by atoms with Crippen molar-refractivity contribution in [1.82, 2.24) is 9.29 Å². The van der Waals surface area contributed by atoms with Gasteiger partial charge in [-0.25, -0.2) is 8.42 Å². The lowest BCUT2D eigenvalue weighted by Gasteiger charge is -2.46. The molecule has 0 aromatic carbocycles. The van der Waals surface area contributed by atoms with Crippen molar-refractivity contribution in [3.05, 3.63) is 29.6 Å². The van der Waals surface area contributed by atoms with Gasteiger partial charge in [0.1, 0.15) is 0 Å². The van der Waals surface area contributed by atoms with Gasteiger partial charge in [0.2, 0.25) is 0 Å². The minimum atomic E-state index is -5.23. The van der Waals surface area contributed by atoms with E-state index in [4.69, 9.17) is 4.74 Å². The highest BCUT2D eigenvalue weighted by Gasteiger charge is 2.59. The lowest BCUT2D eigenvalue weighted by Crippen LogP contribution is -2.62. The second-order valence-electron chi connectivity index (χ2n) is 6.12. The molecule has 134 valence electrons. The summed E-state index contributed by atoms with van der Waals surface area (Å²) < 4.78 is 66.1. The van der Waals surface area contributed by atoms with E-state index in [0.29, 0.717) is 23.1 Å². The number of sulfonamides is 1. The first kappa shape index (κ1) is 18.0. The molecule has 1 aromatic heterocycles. The molecule has 3 heterocycles. The van der Waals surface area contributed by atoms with Gasteiger partial charge in [0.15, 0.2) is 0 Å². The van der Waals surface area contributed by atoms with Gasteiger partial charge in [-0.1, -0.05) is 6.07 Å². The molecule has 5 nitrogen and oxygen atoms in total. The first-order chi connectivity index (χ1) is 11.1. The van der Waals surface area contributed by atoms with Crippen LogP contribution in [0, 0.1) is 6.92 Å². The number of rotatable bonds is 4. The van der Waals surface area contributed by atoms with Crippen LogP contribution in [-0.2, 0) is 21.4 Å². The molecule has 0 saturated carbocycles. The summed E-state index contributed by atoms with van der Waals surface area (Å²) in [5.74, 6) is 0.645. The molecule has 24 heavy (non-hydrogen) atoms. The average molecular weight is 382 g/mol. The predicted octanol–water partition coefficient (Wildman–Crippen LogP) is 2.32. The number of thioether (sulfide) groups is 1. The van der Waals surface area contributed by atoms with Gasteiger partial charge in [-0.2, -0.15) is 17.5 Å². The molecule has 2 aliphatic heterocycles. The molecule has 3 rings (SSSR count). The number of nitrogens with zero attached hydrogens (tertiary/aromatic N) is 2. The van der Waals surface area contributed by atoms with E-state index in [2.05, 4.69) is 4.98 Å². The summed E-state index contributed by atoms with van der Waals surface area (Å²) in [5.41, 5.74) is -3.54. The first-order valence-corrected chi connectivity index (χ1v) is 9.78. The van der Waals surface area contributed by atoms with E-state index in [1.807, 2.05) is 25.1 Å². The third-order valence-electron chi connectivity index (χ3n) is 4.15. The molecule has 2 fully saturated rings. The Hall–Kier alpha value is -0.840. The van der Waals surface area contributed by atoms with E-state index < -0.39 is 20.3 Å². The molecule has 0 amide bonds. The minimum Gasteiger partial charge on any atom is -0.371 e. The number of hydrogen-bond donors (Lipinski definition) is 0. The van der Waals surface area contributed by atoms with E-state index in [0.717, 1.165) is 11.4 Å². The van der Waals surface area contributed by atoms with Gasteiger partial charge >= 0.3 is 15.5 Å².